The summed E-state index contributed by atoms with van der Waals surface area (Å²) in [5.41, 5.74) is 0.547. The smallest absolute Gasteiger partial charge is 0.343 e. The number of rotatable bonds is 7. The number of aromatic nitrogens is 4. The van der Waals surface area contributed by atoms with Gasteiger partial charge in [0, 0.05) is 17.1 Å². The minimum Gasteiger partial charge on any atom is -0.477 e. The van der Waals surface area contributed by atoms with E-state index in [1.54, 1.807) is 28.9 Å². The van der Waals surface area contributed by atoms with Crippen molar-refractivity contribution in [2.45, 2.75) is 32.9 Å². The first kappa shape index (κ1) is 17.9. The highest BCUT2D eigenvalue weighted by Gasteiger charge is 2.26. The van der Waals surface area contributed by atoms with Gasteiger partial charge in [0.05, 0.1) is 6.04 Å². The van der Waals surface area contributed by atoms with Crippen molar-refractivity contribution in [3.8, 4) is 11.3 Å². The fraction of sp³-hybridized carbons (Fsp3) is 0.294. The molecule has 3 aromatic rings. The van der Waals surface area contributed by atoms with Crippen molar-refractivity contribution in [1.29, 1.82) is 0 Å². The maximum absolute atomic E-state index is 11.8. The Morgan fingerprint density at radius 3 is 2.69 bits per heavy atom. The van der Waals surface area contributed by atoms with Crippen LogP contribution in [0.5, 0.6) is 0 Å². The molecule has 0 saturated carbocycles. The third kappa shape index (κ3) is 3.41. The predicted octanol–water partition coefficient (Wildman–Crippen LogP) is 3.87. The van der Waals surface area contributed by atoms with E-state index < -0.39 is 5.97 Å². The first-order valence-electron chi connectivity index (χ1n) is 8.18. The zero-order chi connectivity index (χ0) is 18.7. The molecule has 8 nitrogen and oxygen atoms in total. The maximum atomic E-state index is 11.8. The number of halogens is 1. The lowest BCUT2D eigenvalue weighted by molar-refractivity contribution is 0.0698. The van der Waals surface area contributed by atoms with E-state index in [-0.39, 0.29) is 23.2 Å². The van der Waals surface area contributed by atoms with Crippen molar-refractivity contribution in [3.05, 3.63) is 47.0 Å². The molecule has 2 aromatic heterocycles. The molecule has 2 heterocycles. The van der Waals surface area contributed by atoms with E-state index in [4.69, 9.17) is 16.1 Å². The summed E-state index contributed by atoms with van der Waals surface area (Å²) < 4.78 is 7.07. The molecule has 3 rings (SSSR count). The van der Waals surface area contributed by atoms with Gasteiger partial charge in [0.25, 0.3) is 0 Å². The zero-order valence-corrected chi connectivity index (χ0v) is 15.1. The number of benzene rings is 1. The predicted molar refractivity (Wildman–Crippen MR) is 96.3 cm³/mol. The van der Waals surface area contributed by atoms with E-state index in [0.29, 0.717) is 29.4 Å². The number of carboxylic acid groups (broad SMARTS) is 1. The molecule has 0 radical (unpaired) electrons. The quantitative estimate of drug-likeness (QED) is 0.645. The highest BCUT2D eigenvalue weighted by molar-refractivity contribution is 6.30. The molecule has 0 spiro atoms. The molecular formula is C17H18ClN5O3. The fourth-order valence-electron chi connectivity index (χ4n) is 2.69. The van der Waals surface area contributed by atoms with Gasteiger partial charge in [-0.05, 0) is 37.6 Å². The summed E-state index contributed by atoms with van der Waals surface area (Å²) in [5.74, 6) is -0.101. The van der Waals surface area contributed by atoms with Gasteiger partial charge in [-0.3, -0.25) is 0 Å². The lowest BCUT2D eigenvalue weighted by Crippen LogP contribution is -2.18. The van der Waals surface area contributed by atoms with Crippen molar-refractivity contribution in [3.63, 3.8) is 0 Å². The number of nitrogens with zero attached hydrogens (tertiary/aromatic N) is 4. The minimum atomic E-state index is -1.13. The van der Waals surface area contributed by atoms with Crippen LogP contribution in [0.2, 0.25) is 5.02 Å². The molecule has 0 fully saturated rings. The molecule has 0 amide bonds. The number of anilines is 1. The van der Waals surface area contributed by atoms with Crippen molar-refractivity contribution in [1.82, 2.24) is 19.9 Å². The van der Waals surface area contributed by atoms with Crippen LogP contribution >= 0.6 is 11.6 Å². The SMILES string of the molecule is CCC(Nc1noc(-c2ccc(Cl)cc2)c1C(=O)O)c1ncnn1CC. The minimum absolute atomic E-state index is 0.0339. The number of carboxylic acids is 1. The molecule has 1 atom stereocenters. The lowest BCUT2D eigenvalue weighted by atomic mass is 10.1. The highest BCUT2D eigenvalue weighted by atomic mass is 35.5. The molecule has 1 unspecified atom stereocenters. The highest BCUT2D eigenvalue weighted by Crippen LogP contribution is 2.32. The van der Waals surface area contributed by atoms with E-state index in [9.17, 15) is 9.90 Å². The maximum Gasteiger partial charge on any atom is 0.343 e. The van der Waals surface area contributed by atoms with Crippen molar-refractivity contribution < 1.29 is 14.4 Å². The largest absolute Gasteiger partial charge is 0.477 e. The number of carbonyl (C=O) groups is 1. The molecular weight excluding hydrogens is 358 g/mol. The molecule has 2 N–H and O–H groups in total. The zero-order valence-electron chi connectivity index (χ0n) is 14.3. The summed E-state index contributed by atoms with van der Waals surface area (Å²) in [4.78, 5) is 16.1. The molecule has 9 heteroatoms. The van der Waals surface area contributed by atoms with E-state index in [1.807, 2.05) is 13.8 Å². The number of nitrogens with one attached hydrogen (secondary N) is 1. The van der Waals surface area contributed by atoms with Gasteiger partial charge in [0.15, 0.2) is 17.1 Å². The van der Waals surface area contributed by atoms with Crippen LogP contribution in [0, 0.1) is 0 Å². The lowest BCUT2D eigenvalue weighted by Gasteiger charge is -2.16. The van der Waals surface area contributed by atoms with Gasteiger partial charge in [0.2, 0.25) is 0 Å². The van der Waals surface area contributed by atoms with Crippen LogP contribution in [0.3, 0.4) is 0 Å². The van der Waals surface area contributed by atoms with E-state index >= 15 is 0 Å². The normalized spacial score (nSPS) is 12.1. The second-order valence-electron chi connectivity index (χ2n) is 5.59. The summed E-state index contributed by atoms with van der Waals surface area (Å²) >= 11 is 5.89. The van der Waals surface area contributed by atoms with Gasteiger partial charge in [-0.1, -0.05) is 23.7 Å². The van der Waals surface area contributed by atoms with Crippen molar-refractivity contribution in [2.75, 3.05) is 5.32 Å². The van der Waals surface area contributed by atoms with Crippen LogP contribution in [0.15, 0.2) is 35.1 Å². The fourth-order valence-corrected chi connectivity index (χ4v) is 2.81. The standard InChI is InChI=1S/C17H18ClN5O3/c1-3-12(16-19-9-20-23(16)4-2)21-15-13(17(24)25)14(26-22-15)10-5-7-11(18)8-6-10/h5-9,12H,3-4H2,1-2H3,(H,21,22)(H,24,25). The van der Waals surface area contributed by atoms with Gasteiger partial charge in [0.1, 0.15) is 12.2 Å². The molecule has 0 aliphatic rings. The Balaban J connectivity index is 1.97. The van der Waals surface area contributed by atoms with Gasteiger partial charge in [-0.2, -0.15) is 5.10 Å². The molecule has 26 heavy (non-hydrogen) atoms. The first-order chi connectivity index (χ1) is 12.5. The van der Waals surface area contributed by atoms with E-state index in [2.05, 4.69) is 20.6 Å². The molecule has 1 aromatic carbocycles. The van der Waals surface area contributed by atoms with Crippen LogP contribution < -0.4 is 5.32 Å². The first-order valence-corrected chi connectivity index (χ1v) is 8.56. The van der Waals surface area contributed by atoms with Crippen LogP contribution in [0.4, 0.5) is 5.82 Å². The Kier molecular flexibility index (Phi) is 5.22. The Labute approximate surface area is 154 Å². The topological polar surface area (TPSA) is 106 Å². The Bertz CT molecular complexity index is 904. The van der Waals surface area contributed by atoms with Crippen molar-refractivity contribution >= 4 is 23.4 Å². The number of aryl methyl sites for hydroxylation is 1. The Morgan fingerprint density at radius 1 is 1.35 bits per heavy atom. The Hall–Kier alpha value is -2.87. The Morgan fingerprint density at radius 2 is 2.08 bits per heavy atom. The van der Waals surface area contributed by atoms with Crippen LogP contribution in [0.1, 0.15) is 42.5 Å². The van der Waals surface area contributed by atoms with E-state index in [0.717, 1.165) is 0 Å². The average molecular weight is 376 g/mol. The number of hydrogen-bond acceptors (Lipinski definition) is 6. The monoisotopic (exact) mass is 375 g/mol. The van der Waals surface area contributed by atoms with Crippen molar-refractivity contribution in [2.24, 2.45) is 0 Å². The molecule has 0 aliphatic heterocycles. The molecule has 136 valence electrons. The van der Waals surface area contributed by atoms with Crippen LogP contribution in [-0.4, -0.2) is 31.0 Å². The van der Waals surface area contributed by atoms with Crippen LogP contribution in [0.25, 0.3) is 11.3 Å². The van der Waals surface area contributed by atoms with Gasteiger partial charge < -0.3 is 14.9 Å². The van der Waals surface area contributed by atoms with E-state index in [1.165, 1.54) is 6.33 Å². The summed E-state index contributed by atoms with van der Waals surface area (Å²) in [5, 5.41) is 21.4. The molecule has 0 bridgehead atoms. The molecule has 0 aliphatic carbocycles. The van der Waals surface area contributed by atoms with Gasteiger partial charge in [-0.15, -0.1) is 0 Å². The van der Waals surface area contributed by atoms with Gasteiger partial charge >= 0.3 is 5.97 Å². The summed E-state index contributed by atoms with van der Waals surface area (Å²) in [6.45, 7) is 4.59. The summed E-state index contributed by atoms with van der Waals surface area (Å²) in [7, 11) is 0. The number of aromatic carboxylic acids is 1. The van der Waals surface area contributed by atoms with Gasteiger partial charge in [-0.25, -0.2) is 14.5 Å². The second-order valence-corrected chi connectivity index (χ2v) is 6.02. The number of hydrogen-bond donors (Lipinski definition) is 2. The summed E-state index contributed by atoms with van der Waals surface area (Å²) in [6, 6.07) is 6.44. The second kappa shape index (κ2) is 7.57. The third-order valence-electron chi connectivity index (χ3n) is 3.99. The van der Waals surface area contributed by atoms with Crippen LogP contribution in [-0.2, 0) is 6.54 Å². The average Bonchev–Trinajstić information content (AvgIpc) is 3.26. The third-order valence-corrected chi connectivity index (χ3v) is 4.24. The molecule has 0 saturated heterocycles. The summed E-state index contributed by atoms with van der Waals surface area (Å²) in [6.07, 6.45) is 2.14.